The Labute approximate surface area is 163 Å². The predicted molar refractivity (Wildman–Crippen MR) is 101 cm³/mol. The third-order valence-electron chi connectivity index (χ3n) is 4.42. The molecule has 158 valence electrons. The lowest BCUT2D eigenvalue weighted by atomic mass is 10.1. The predicted octanol–water partition coefficient (Wildman–Crippen LogP) is 2.64. The molecule has 0 radical (unpaired) electrons. The molecular formula is C19H28F3N3O3. The van der Waals surface area contributed by atoms with Crippen molar-refractivity contribution < 1.29 is 27.4 Å². The number of rotatable bonds is 9. The molecule has 2 rings (SSSR count). The van der Waals surface area contributed by atoms with Crippen molar-refractivity contribution in [2.75, 3.05) is 60.2 Å². The minimum Gasteiger partial charge on any atom is -0.491 e. The molecule has 0 spiro atoms. The van der Waals surface area contributed by atoms with Crippen LogP contribution in [0.25, 0.3) is 0 Å². The number of hydrogen-bond acceptors (Lipinski definition) is 4. The maximum absolute atomic E-state index is 13.0. The van der Waals surface area contributed by atoms with E-state index in [1.165, 1.54) is 18.2 Å². The van der Waals surface area contributed by atoms with Crippen LogP contribution >= 0.6 is 0 Å². The van der Waals surface area contributed by atoms with Gasteiger partial charge in [0.25, 0.3) is 0 Å². The number of para-hydroxylation sites is 1. The van der Waals surface area contributed by atoms with E-state index in [0.717, 1.165) is 25.6 Å². The summed E-state index contributed by atoms with van der Waals surface area (Å²) in [5.41, 5.74) is -0.768. The van der Waals surface area contributed by atoms with E-state index in [-0.39, 0.29) is 12.4 Å². The fourth-order valence-electron chi connectivity index (χ4n) is 3.04. The number of alkyl halides is 3. The second-order valence-corrected chi connectivity index (χ2v) is 6.48. The number of guanidine groups is 1. The normalized spacial score (nSPS) is 17.8. The van der Waals surface area contributed by atoms with Gasteiger partial charge in [0, 0.05) is 33.2 Å². The summed E-state index contributed by atoms with van der Waals surface area (Å²) in [7, 11) is 3.33. The van der Waals surface area contributed by atoms with Gasteiger partial charge in [-0.15, -0.1) is 0 Å². The van der Waals surface area contributed by atoms with Crippen molar-refractivity contribution in [1.82, 2.24) is 10.2 Å². The molecular weight excluding hydrogens is 375 g/mol. The first-order valence-corrected chi connectivity index (χ1v) is 9.27. The fraction of sp³-hybridized carbons (Fsp3) is 0.632. The van der Waals surface area contributed by atoms with E-state index < -0.39 is 11.7 Å². The zero-order chi connectivity index (χ0) is 20.4. The molecule has 1 aromatic carbocycles. The molecule has 0 saturated carbocycles. The van der Waals surface area contributed by atoms with Crippen LogP contribution in [0.2, 0.25) is 0 Å². The summed E-state index contributed by atoms with van der Waals surface area (Å²) in [6.07, 6.45) is -3.43. The van der Waals surface area contributed by atoms with Crippen LogP contribution < -0.4 is 10.1 Å². The Kier molecular flexibility index (Phi) is 8.85. The molecule has 6 nitrogen and oxygen atoms in total. The van der Waals surface area contributed by atoms with Gasteiger partial charge in [0.05, 0.1) is 31.9 Å². The lowest BCUT2D eigenvalue weighted by Gasteiger charge is -2.22. The number of ether oxygens (including phenoxy) is 3. The van der Waals surface area contributed by atoms with Crippen molar-refractivity contribution in [3.8, 4) is 5.75 Å². The van der Waals surface area contributed by atoms with Gasteiger partial charge in [-0.3, -0.25) is 4.99 Å². The minimum atomic E-state index is -4.43. The highest BCUT2D eigenvalue weighted by Gasteiger charge is 2.34. The lowest BCUT2D eigenvalue weighted by Crippen LogP contribution is -2.41. The quantitative estimate of drug-likeness (QED) is 0.390. The van der Waals surface area contributed by atoms with E-state index in [1.807, 2.05) is 0 Å². The van der Waals surface area contributed by atoms with Crippen molar-refractivity contribution >= 4 is 5.96 Å². The Morgan fingerprint density at radius 1 is 1.25 bits per heavy atom. The van der Waals surface area contributed by atoms with Crippen LogP contribution in [0.4, 0.5) is 13.2 Å². The Bertz CT molecular complexity index is 626. The number of aliphatic imine (C=N–C) groups is 1. The first-order valence-electron chi connectivity index (χ1n) is 9.27. The highest BCUT2D eigenvalue weighted by Crippen LogP contribution is 2.35. The molecule has 1 N–H and O–H groups in total. The zero-order valence-electron chi connectivity index (χ0n) is 16.3. The summed E-state index contributed by atoms with van der Waals surface area (Å²) in [5.74, 6) is 0.971. The smallest absolute Gasteiger partial charge is 0.419 e. The minimum absolute atomic E-state index is 0.101. The fourth-order valence-corrected chi connectivity index (χ4v) is 3.04. The van der Waals surface area contributed by atoms with Crippen LogP contribution in [0, 0.1) is 5.92 Å². The number of methoxy groups -OCH3 is 1. The van der Waals surface area contributed by atoms with Gasteiger partial charge >= 0.3 is 6.18 Å². The van der Waals surface area contributed by atoms with E-state index in [0.29, 0.717) is 38.2 Å². The monoisotopic (exact) mass is 403 g/mol. The van der Waals surface area contributed by atoms with E-state index in [1.54, 1.807) is 14.2 Å². The molecule has 1 aliphatic heterocycles. The van der Waals surface area contributed by atoms with Gasteiger partial charge in [-0.1, -0.05) is 12.1 Å². The third kappa shape index (κ3) is 6.87. The topological polar surface area (TPSA) is 55.3 Å². The molecule has 1 aromatic rings. The second kappa shape index (κ2) is 11.1. The summed E-state index contributed by atoms with van der Waals surface area (Å²) in [4.78, 5) is 6.37. The number of halogens is 3. The summed E-state index contributed by atoms with van der Waals surface area (Å²) in [5, 5.41) is 3.15. The molecule has 1 fully saturated rings. The van der Waals surface area contributed by atoms with E-state index in [2.05, 4.69) is 15.2 Å². The maximum Gasteiger partial charge on any atom is 0.419 e. The Morgan fingerprint density at radius 2 is 2.04 bits per heavy atom. The Balaban J connectivity index is 1.74. The van der Waals surface area contributed by atoms with Crippen LogP contribution in [0.1, 0.15) is 12.0 Å². The van der Waals surface area contributed by atoms with E-state index >= 15 is 0 Å². The highest BCUT2D eigenvalue weighted by atomic mass is 19.4. The molecule has 1 heterocycles. The highest BCUT2D eigenvalue weighted by molar-refractivity contribution is 5.80. The van der Waals surface area contributed by atoms with Crippen molar-refractivity contribution in [3.63, 3.8) is 0 Å². The van der Waals surface area contributed by atoms with Crippen LogP contribution in [0.15, 0.2) is 29.3 Å². The second-order valence-electron chi connectivity index (χ2n) is 6.48. The Morgan fingerprint density at radius 3 is 2.75 bits per heavy atom. The molecule has 0 amide bonds. The van der Waals surface area contributed by atoms with Crippen molar-refractivity contribution in [3.05, 3.63) is 29.8 Å². The van der Waals surface area contributed by atoms with E-state index in [4.69, 9.17) is 14.2 Å². The van der Waals surface area contributed by atoms with Gasteiger partial charge in [-0.25, -0.2) is 0 Å². The van der Waals surface area contributed by atoms with Gasteiger partial charge in [-0.2, -0.15) is 13.2 Å². The molecule has 1 aliphatic rings. The molecule has 1 atom stereocenters. The third-order valence-corrected chi connectivity index (χ3v) is 4.42. The van der Waals surface area contributed by atoms with Crippen LogP contribution in [-0.2, 0) is 15.7 Å². The number of hydrogen-bond donors (Lipinski definition) is 1. The van der Waals surface area contributed by atoms with Gasteiger partial charge in [0.1, 0.15) is 12.4 Å². The first-order chi connectivity index (χ1) is 13.5. The lowest BCUT2D eigenvalue weighted by molar-refractivity contribution is -0.138. The first kappa shape index (κ1) is 22.3. The molecule has 0 aromatic heterocycles. The average molecular weight is 403 g/mol. The number of nitrogens with one attached hydrogen (secondary N) is 1. The van der Waals surface area contributed by atoms with Gasteiger partial charge in [-0.05, 0) is 18.6 Å². The standard InChI is InChI=1S/C19H28F3N3O3/c1-23-18(25-9-7-15(13-25)14-27-12-11-26-2)24-8-10-28-17-6-4-3-5-16(17)19(20,21)22/h3-6,15H,7-14H2,1-2H3,(H,23,24). The number of likely N-dealkylation sites (tertiary alicyclic amines) is 1. The van der Waals surface area contributed by atoms with Gasteiger partial charge in [0.15, 0.2) is 5.96 Å². The van der Waals surface area contributed by atoms with Gasteiger partial charge < -0.3 is 24.4 Å². The summed E-state index contributed by atoms with van der Waals surface area (Å²) < 4.78 is 54.8. The van der Waals surface area contributed by atoms with E-state index in [9.17, 15) is 13.2 Å². The molecule has 0 bridgehead atoms. The van der Waals surface area contributed by atoms with Crippen LogP contribution in [0.5, 0.6) is 5.75 Å². The molecule has 9 heteroatoms. The zero-order valence-corrected chi connectivity index (χ0v) is 16.3. The van der Waals surface area contributed by atoms with Crippen LogP contribution in [0.3, 0.4) is 0 Å². The summed E-state index contributed by atoms with van der Waals surface area (Å²) in [6, 6.07) is 5.21. The van der Waals surface area contributed by atoms with Crippen molar-refractivity contribution in [2.24, 2.45) is 10.9 Å². The SMILES string of the molecule is CN=C(NCCOc1ccccc1C(F)(F)F)N1CCC(COCCOC)C1. The van der Waals surface area contributed by atoms with Crippen molar-refractivity contribution in [1.29, 1.82) is 0 Å². The van der Waals surface area contributed by atoms with Crippen LogP contribution in [-0.4, -0.2) is 71.1 Å². The average Bonchev–Trinajstić information content (AvgIpc) is 3.13. The molecule has 1 saturated heterocycles. The maximum atomic E-state index is 13.0. The van der Waals surface area contributed by atoms with Gasteiger partial charge in [0.2, 0.25) is 0 Å². The van der Waals surface area contributed by atoms with Crippen molar-refractivity contribution in [2.45, 2.75) is 12.6 Å². The summed E-state index contributed by atoms with van der Waals surface area (Å²) in [6.45, 7) is 3.97. The number of benzene rings is 1. The Hall–Kier alpha value is -2.00. The molecule has 0 aliphatic carbocycles. The summed E-state index contributed by atoms with van der Waals surface area (Å²) >= 11 is 0. The largest absolute Gasteiger partial charge is 0.491 e. The molecule has 28 heavy (non-hydrogen) atoms. The number of nitrogens with zero attached hydrogens (tertiary/aromatic N) is 2. The molecule has 1 unspecified atom stereocenters.